The molecule has 2 nitrogen and oxygen atoms in total. The Morgan fingerprint density at radius 3 is 2.67 bits per heavy atom. The van der Waals surface area contributed by atoms with Crippen molar-refractivity contribution < 1.29 is 0 Å². The molecule has 1 fully saturated rings. The van der Waals surface area contributed by atoms with Crippen LogP contribution in [0.1, 0.15) is 61.3 Å². The van der Waals surface area contributed by atoms with Crippen LogP contribution in [0.15, 0.2) is 18.2 Å². The lowest BCUT2D eigenvalue weighted by Gasteiger charge is -2.20. The maximum atomic E-state index is 5.14. The van der Waals surface area contributed by atoms with Gasteiger partial charge in [-0.1, -0.05) is 25.0 Å². The number of nitrogens with zero attached hydrogens (tertiary/aromatic N) is 1. The number of nitrogens with one attached hydrogen (secondary N) is 1. The monoisotopic (exact) mass is 280 g/mol. The minimum atomic E-state index is 0.681. The smallest absolute Gasteiger partial charge is 0.0760 e. The van der Waals surface area contributed by atoms with Crippen LogP contribution in [0.4, 0.5) is 5.69 Å². The van der Waals surface area contributed by atoms with Gasteiger partial charge >= 0.3 is 0 Å². The van der Waals surface area contributed by atoms with E-state index in [0.29, 0.717) is 5.92 Å². The van der Waals surface area contributed by atoms with E-state index in [1.54, 1.807) is 0 Å². The molecule has 0 aliphatic heterocycles. The number of rotatable bonds is 2. The number of fused-ring (bicyclic) bond motifs is 3. The van der Waals surface area contributed by atoms with Gasteiger partial charge in [-0.05, 0) is 55.7 Å². The standard InChI is InChI=1S/C19H24N2/c1-20-18-12-17(14-7-2-3-8-14)21-19-15-9-5-4-6-13(15)10-11-16(18)19/h10-12,14H,2-9H2,1H3,(H,20,21). The Balaban J connectivity index is 1.93. The van der Waals surface area contributed by atoms with Crippen molar-refractivity contribution >= 4 is 16.6 Å². The predicted octanol–water partition coefficient (Wildman–Crippen LogP) is 4.81. The number of hydrogen-bond donors (Lipinski definition) is 1. The van der Waals surface area contributed by atoms with Crippen molar-refractivity contribution in [3.05, 3.63) is 35.0 Å². The summed E-state index contributed by atoms with van der Waals surface area (Å²) in [6.07, 6.45) is 10.5. The summed E-state index contributed by atoms with van der Waals surface area (Å²) < 4.78 is 0. The van der Waals surface area contributed by atoms with Crippen LogP contribution >= 0.6 is 0 Å². The molecule has 0 atom stereocenters. The zero-order chi connectivity index (χ0) is 14.2. The molecule has 0 spiro atoms. The van der Waals surface area contributed by atoms with Crippen LogP contribution in [0.5, 0.6) is 0 Å². The molecule has 1 heterocycles. The Morgan fingerprint density at radius 1 is 1.05 bits per heavy atom. The molecule has 0 bridgehead atoms. The van der Waals surface area contributed by atoms with Crippen molar-refractivity contribution in [1.82, 2.24) is 4.98 Å². The second kappa shape index (κ2) is 5.32. The summed E-state index contributed by atoms with van der Waals surface area (Å²) in [6.45, 7) is 0. The molecule has 4 rings (SSSR count). The number of hydrogen-bond acceptors (Lipinski definition) is 2. The zero-order valence-electron chi connectivity index (χ0n) is 12.9. The van der Waals surface area contributed by atoms with Crippen LogP contribution in [-0.4, -0.2) is 12.0 Å². The van der Waals surface area contributed by atoms with Gasteiger partial charge < -0.3 is 5.32 Å². The Hall–Kier alpha value is -1.57. The summed E-state index contributed by atoms with van der Waals surface area (Å²) in [5, 5.41) is 4.71. The van der Waals surface area contributed by atoms with E-state index < -0.39 is 0 Å². The lowest BCUT2D eigenvalue weighted by atomic mass is 9.89. The maximum Gasteiger partial charge on any atom is 0.0760 e. The van der Waals surface area contributed by atoms with Crippen molar-refractivity contribution in [2.45, 2.75) is 57.3 Å². The number of pyridine rings is 1. The average Bonchev–Trinajstić information content (AvgIpc) is 3.08. The molecule has 0 unspecified atom stereocenters. The van der Waals surface area contributed by atoms with Gasteiger partial charge in [0.25, 0.3) is 0 Å². The fraction of sp³-hybridized carbons (Fsp3) is 0.526. The van der Waals surface area contributed by atoms with Gasteiger partial charge in [0.05, 0.1) is 5.52 Å². The Bertz CT molecular complexity index is 669. The Labute approximate surface area is 127 Å². The van der Waals surface area contributed by atoms with Crippen LogP contribution in [0.25, 0.3) is 10.9 Å². The van der Waals surface area contributed by atoms with Crippen molar-refractivity contribution in [2.75, 3.05) is 12.4 Å². The van der Waals surface area contributed by atoms with E-state index in [-0.39, 0.29) is 0 Å². The average molecular weight is 280 g/mol. The summed E-state index contributed by atoms with van der Waals surface area (Å²) in [5.41, 5.74) is 6.92. The third-order valence-corrected chi connectivity index (χ3v) is 5.37. The van der Waals surface area contributed by atoms with Crippen molar-refractivity contribution in [2.24, 2.45) is 0 Å². The van der Waals surface area contributed by atoms with Gasteiger partial charge in [-0.25, -0.2) is 0 Å². The molecule has 1 aromatic carbocycles. The Kier molecular flexibility index (Phi) is 3.33. The molecule has 2 aliphatic carbocycles. The fourth-order valence-electron chi connectivity index (χ4n) is 4.18. The van der Waals surface area contributed by atoms with Gasteiger partial charge in [0.1, 0.15) is 0 Å². The molecule has 2 heteroatoms. The van der Waals surface area contributed by atoms with Crippen LogP contribution < -0.4 is 5.32 Å². The molecule has 2 aliphatic rings. The second-order valence-electron chi connectivity index (χ2n) is 6.63. The first-order chi connectivity index (χ1) is 10.4. The highest BCUT2D eigenvalue weighted by molar-refractivity contribution is 5.94. The number of aromatic nitrogens is 1. The number of benzene rings is 1. The van der Waals surface area contributed by atoms with Gasteiger partial charge in [0.2, 0.25) is 0 Å². The number of aryl methyl sites for hydroxylation is 2. The normalized spacial score (nSPS) is 18.9. The third-order valence-electron chi connectivity index (χ3n) is 5.37. The van der Waals surface area contributed by atoms with Crippen LogP contribution in [0.2, 0.25) is 0 Å². The lowest BCUT2D eigenvalue weighted by Crippen LogP contribution is -2.07. The maximum absolute atomic E-state index is 5.14. The van der Waals surface area contributed by atoms with Crippen molar-refractivity contribution in [3.8, 4) is 0 Å². The molecular weight excluding hydrogens is 256 g/mol. The van der Waals surface area contributed by atoms with E-state index in [2.05, 4.69) is 23.5 Å². The molecule has 110 valence electrons. The van der Waals surface area contributed by atoms with Crippen LogP contribution in [-0.2, 0) is 12.8 Å². The molecule has 21 heavy (non-hydrogen) atoms. The first kappa shape index (κ1) is 13.1. The molecule has 2 aromatic rings. The van der Waals surface area contributed by atoms with Crippen LogP contribution in [0.3, 0.4) is 0 Å². The summed E-state index contributed by atoms with van der Waals surface area (Å²) in [6, 6.07) is 6.90. The van der Waals surface area contributed by atoms with Gasteiger partial charge in [0.15, 0.2) is 0 Å². The van der Waals surface area contributed by atoms with Gasteiger partial charge in [-0.15, -0.1) is 0 Å². The topological polar surface area (TPSA) is 24.9 Å². The quantitative estimate of drug-likeness (QED) is 0.853. The highest BCUT2D eigenvalue weighted by Gasteiger charge is 2.21. The molecule has 1 saturated carbocycles. The van der Waals surface area contributed by atoms with Gasteiger partial charge in [-0.2, -0.15) is 0 Å². The predicted molar refractivity (Wildman–Crippen MR) is 89.1 cm³/mol. The molecule has 0 saturated heterocycles. The molecule has 0 amide bonds. The molecule has 1 N–H and O–H groups in total. The molecule has 1 aromatic heterocycles. The minimum Gasteiger partial charge on any atom is -0.388 e. The van der Waals surface area contributed by atoms with E-state index in [0.717, 1.165) is 0 Å². The van der Waals surface area contributed by atoms with Gasteiger partial charge in [0, 0.05) is 29.7 Å². The van der Waals surface area contributed by atoms with E-state index in [9.17, 15) is 0 Å². The van der Waals surface area contributed by atoms with Gasteiger partial charge in [-0.3, -0.25) is 4.98 Å². The highest BCUT2D eigenvalue weighted by Crippen LogP contribution is 2.38. The SMILES string of the molecule is CNc1cc(C2CCCC2)nc2c3c(ccc12)CCCC3. The van der Waals surface area contributed by atoms with Crippen molar-refractivity contribution in [1.29, 1.82) is 0 Å². The fourth-order valence-corrected chi connectivity index (χ4v) is 4.18. The Morgan fingerprint density at radius 2 is 1.86 bits per heavy atom. The van der Waals surface area contributed by atoms with Crippen LogP contribution in [0, 0.1) is 0 Å². The summed E-state index contributed by atoms with van der Waals surface area (Å²) >= 11 is 0. The molecular formula is C19H24N2. The van der Waals surface area contributed by atoms with E-state index in [4.69, 9.17) is 4.98 Å². The van der Waals surface area contributed by atoms with E-state index in [1.807, 2.05) is 7.05 Å². The third kappa shape index (κ3) is 2.21. The highest BCUT2D eigenvalue weighted by atomic mass is 14.8. The summed E-state index contributed by atoms with van der Waals surface area (Å²) in [5.74, 6) is 0.681. The zero-order valence-corrected chi connectivity index (χ0v) is 12.9. The lowest BCUT2D eigenvalue weighted by molar-refractivity contribution is 0.684. The first-order valence-corrected chi connectivity index (χ1v) is 8.50. The van der Waals surface area contributed by atoms with E-state index >= 15 is 0 Å². The minimum absolute atomic E-state index is 0.681. The van der Waals surface area contributed by atoms with E-state index in [1.165, 1.54) is 84.8 Å². The number of anilines is 1. The van der Waals surface area contributed by atoms with Crippen molar-refractivity contribution in [3.63, 3.8) is 0 Å². The summed E-state index contributed by atoms with van der Waals surface area (Å²) in [7, 11) is 2.03. The second-order valence-corrected chi connectivity index (χ2v) is 6.63. The largest absolute Gasteiger partial charge is 0.388 e. The first-order valence-electron chi connectivity index (χ1n) is 8.50. The summed E-state index contributed by atoms with van der Waals surface area (Å²) in [4.78, 5) is 5.14. The molecule has 0 radical (unpaired) electrons.